The molecule has 3 aromatic rings. The summed E-state index contributed by atoms with van der Waals surface area (Å²) in [5, 5.41) is 12.5. The van der Waals surface area contributed by atoms with Crippen LogP contribution in [-0.2, 0) is 16.6 Å². The number of nitrogens with one attached hydrogen (secondary N) is 1. The highest BCUT2D eigenvalue weighted by molar-refractivity contribution is 5.96. The third kappa shape index (κ3) is 5.07. The van der Waals surface area contributed by atoms with E-state index in [0.717, 1.165) is 5.56 Å². The van der Waals surface area contributed by atoms with Crippen LogP contribution in [0.5, 0.6) is 0 Å². The van der Waals surface area contributed by atoms with Gasteiger partial charge in [0.05, 0.1) is 24.5 Å². The summed E-state index contributed by atoms with van der Waals surface area (Å²) in [7, 11) is 1.69. The van der Waals surface area contributed by atoms with Gasteiger partial charge in [-0.25, -0.2) is 15.0 Å². The van der Waals surface area contributed by atoms with Crippen molar-refractivity contribution in [3.8, 4) is 11.4 Å². The molecule has 0 radical (unpaired) electrons. The maximum absolute atomic E-state index is 12.6. The number of carbonyl (C=O) groups is 1. The van der Waals surface area contributed by atoms with E-state index in [1.54, 1.807) is 31.4 Å². The van der Waals surface area contributed by atoms with Crippen LogP contribution in [0.2, 0.25) is 0 Å². The summed E-state index contributed by atoms with van der Waals surface area (Å²) in [6.45, 7) is 4.42. The first-order valence-corrected chi connectivity index (χ1v) is 10.6. The van der Waals surface area contributed by atoms with Gasteiger partial charge in [-0.1, -0.05) is 12.1 Å². The van der Waals surface area contributed by atoms with Crippen LogP contribution in [0, 0.1) is 0 Å². The molecular formula is C23H26N6O4. The molecule has 1 saturated heterocycles. The standard InChI is InChI=1S/C23H26N6O4/c1-23(2,32)21(31)26-16-6-4-15(5-7-16)19-13-29(10-11-33-19)22-27-18(12-20(30)28(22)3)17-8-9-24-14-25-17/h4-9,12,14,19,32H,10-11,13H2,1-3H3,(H,26,31)/t19-/m1/s1. The van der Waals surface area contributed by atoms with Crippen molar-refractivity contribution < 1.29 is 14.6 Å². The lowest BCUT2D eigenvalue weighted by Crippen LogP contribution is -2.41. The van der Waals surface area contributed by atoms with Crippen molar-refractivity contribution in [2.45, 2.75) is 25.6 Å². The second-order valence-electron chi connectivity index (χ2n) is 8.37. The first-order valence-electron chi connectivity index (χ1n) is 10.6. The quantitative estimate of drug-likeness (QED) is 0.600. The summed E-state index contributed by atoms with van der Waals surface area (Å²) < 4.78 is 7.49. The third-order valence-corrected chi connectivity index (χ3v) is 5.40. The van der Waals surface area contributed by atoms with Gasteiger partial charge >= 0.3 is 0 Å². The fraction of sp³-hybridized carbons (Fsp3) is 0.348. The number of carbonyl (C=O) groups excluding carboxylic acids is 1. The molecule has 33 heavy (non-hydrogen) atoms. The van der Waals surface area contributed by atoms with E-state index >= 15 is 0 Å². The van der Waals surface area contributed by atoms with Crippen LogP contribution < -0.4 is 15.8 Å². The van der Waals surface area contributed by atoms with E-state index < -0.39 is 11.5 Å². The number of rotatable bonds is 5. The average molecular weight is 450 g/mol. The highest BCUT2D eigenvalue weighted by Crippen LogP contribution is 2.27. The Kier molecular flexibility index (Phi) is 6.21. The molecule has 10 nitrogen and oxygen atoms in total. The van der Waals surface area contributed by atoms with Crippen LogP contribution in [0.4, 0.5) is 11.6 Å². The smallest absolute Gasteiger partial charge is 0.255 e. The van der Waals surface area contributed by atoms with Crippen molar-refractivity contribution in [3.05, 3.63) is 64.8 Å². The molecule has 172 valence electrons. The molecule has 10 heteroatoms. The molecule has 1 atom stereocenters. The summed E-state index contributed by atoms with van der Waals surface area (Å²) in [6.07, 6.45) is 2.80. The lowest BCUT2D eigenvalue weighted by molar-refractivity contribution is -0.130. The zero-order chi connectivity index (χ0) is 23.6. The first-order chi connectivity index (χ1) is 15.7. The fourth-order valence-corrected chi connectivity index (χ4v) is 3.48. The average Bonchev–Trinajstić information content (AvgIpc) is 2.81. The van der Waals surface area contributed by atoms with E-state index in [9.17, 15) is 14.7 Å². The van der Waals surface area contributed by atoms with Gasteiger partial charge in [-0.3, -0.25) is 14.2 Å². The zero-order valence-corrected chi connectivity index (χ0v) is 18.7. The van der Waals surface area contributed by atoms with Crippen molar-refractivity contribution in [2.75, 3.05) is 29.9 Å². The van der Waals surface area contributed by atoms with Gasteiger partial charge in [0.2, 0.25) is 5.95 Å². The molecule has 1 aromatic carbocycles. The SMILES string of the molecule is Cn1c(N2CCO[C@@H](c3ccc(NC(=O)C(C)(C)O)cc3)C2)nc(-c2ccncn2)cc1=O. The molecule has 1 amide bonds. The molecule has 2 aromatic heterocycles. The molecular weight excluding hydrogens is 424 g/mol. The van der Waals surface area contributed by atoms with Gasteiger partial charge in [-0.15, -0.1) is 0 Å². The number of hydrogen-bond donors (Lipinski definition) is 2. The maximum atomic E-state index is 12.6. The van der Waals surface area contributed by atoms with Crippen LogP contribution in [0.3, 0.4) is 0 Å². The second kappa shape index (κ2) is 9.08. The molecule has 1 aliphatic heterocycles. The van der Waals surface area contributed by atoms with Crippen molar-refractivity contribution in [1.29, 1.82) is 0 Å². The van der Waals surface area contributed by atoms with Gasteiger partial charge in [0.25, 0.3) is 11.5 Å². The number of aromatic nitrogens is 4. The number of anilines is 2. The van der Waals surface area contributed by atoms with Gasteiger partial charge in [0.1, 0.15) is 18.0 Å². The number of hydrogen-bond acceptors (Lipinski definition) is 8. The molecule has 1 fully saturated rings. The minimum absolute atomic E-state index is 0.177. The Morgan fingerprint density at radius 1 is 1.21 bits per heavy atom. The number of amides is 1. The third-order valence-electron chi connectivity index (χ3n) is 5.40. The topological polar surface area (TPSA) is 122 Å². The van der Waals surface area contributed by atoms with Gasteiger partial charge in [-0.05, 0) is 37.6 Å². The zero-order valence-electron chi connectivity index (χ0n) is 18.7. The van der Waals surface area contributed by atoms with Crippen molar-refractivity contribution in [2.24, 2.45) is 7.05 Å². The Morgan fingerprint density at radius 3 is 2.64 bits per heavy atom. The van der Waals surface area contributed by atoms with Gasteiger partial charge in [0.15, 0.2) is 0 Å². The molecule has 0 saturated carbocycles. The Balaban J connectivity index is 1.54. The highest BCUT2D eigenvalue weighted by atomic mass is 16.5. The second-order valence-corrected chi connectivity index (χ2v) is 8.37. The molecule has 0 aliphatic carbocycles. The van der Waals surface area contributed by atoms with E-state index in [0.29, 0.717) is 42.7 Å². The van der Waals surface area contributed by atoms with Crippen LogP contribution >= 0.6 is 0 Å². The largest absolute Gasteiger partial charge is 0.381 e. The monoisotopic (exact) mass is 450 g/mol. The Bertz CT molecular complexity index is 1190. The molecule has 0 bridgehead atoms. The normalized spacial score (nSPS) is 16.5. The predicted molar refractivity (Wildman–Crippen MR) is 123 cm³/mol. The molecule has 3 heterocycles. The lowest BCUT2D eigenvalue weighted by atomic mass is 10.1. The highest BCUT2D eigenvalue weighted by Gasteiger charge is 2.26. The molecule has 0 unspecified atom stereocenters. The summed E-state index contributed by atoms with van der Waals surface area (Å²) in [5.74, 6) is 0.0596. The van der Waals surface area contributed by atoms with Crippen LogP contribution in [-0.4, -0.2) is 55.8 Å². The Morgan fingerprint density at radius 2 is 1.97 bits per heavy atom. The predicted octanol–water partition coefficient (Wildman–Crippen LogP) is 1.52. The van der Waals surface area contributed by atoms with E-state index in [1.165, 1.54) is 30.8 Å². The summed E-state index contributed by atoms with van der Waals surface area (Å²) in [6, 6.07) is 10.5. The van der Waals surface area contributed by atoms with Crippen molar-refractivity contribution >= 4 is 17.5 Å². The Hall–Kier alpha value is -3.63. The maximum Gasteiger partial charge on any atom is 0.255 e. The van der Waals surface area contributed by atoms with Crippen molar-refractivity contribution in [3.63, 3.8) is 0 Å². The summed E-state index contributed by atoms with van der Waals surface area (Å²) >= 11 is 0. The number of morpholine rings is 1. The van der Waals surface area contributed by atoms with E-state index in [4.69, 9.17) is 9.72 Å². The van der Waals surface area contributed by atoms with E-state index in [2.05, 4.69) is 15.3 Å². The first kappa shape index (κ1) is 22.6. The summed E-state index contributed by atoms with van der Waals surface area (Å²) in [4.78, 5) is 39.4. The van der Waals surface area contributed by atoms with Crippen molar-refractivity contribution in [1.82, 2.24) is 19.5 Å². The van der Waals surface area contributed by atoms with Gasteiger partial charge < -0.3 is 20.1 Å². The van der Waals surface area contributed by atoms with E-state index in [1.807, 2.05) is 17.0 Å². The molecule has 4 rings (SSSR count). The van der Waals surface area contributed by atoms with Gasteiger partial charge in [0, 0.05) is 31.5 Å². The number of ether oxygens (including phenoxy) is 1. The molecule has 1 aliphatic rings. The van der Waals surface area contributed by atoms with Crippen LogP contribution in [0.15, 0.2) is 53.7 Å². The Labute approximate surface area is 190 Å². The van der Waals surface area contributed by atoms with Crippen LogP contribution in [0.1, 0.15) is 25.5 Å². The summed E-state index contributed by atoms with van der Waals surface area (Å²) in [5.41, 5.74) is 0.944. The number of benzene rings is 1. The minimum atomic E-state index is -1.46. The molecule has 2 N–H and O–H groups in total. The van der Waals surface area contributed by atoms with E-state index in [-0.39, 0.29) is 11.7 Å². The van der Waals surface area contributed by atoms with Crippen LogP contribution in [0.25, 0.3) is 11.4 Å². The number of aliphatic hydroxyl groups is 1. The van der Waals surface area contributed by atoms with Gasteiger partial charge in [-0.2, -0.15) is 0 Å². The number of nitrogens with zero attached hydrogens (tertiary/aromatic N) is 5. The lowest BCUT2D eigenvalue weighted by Gasteiger charge is -2.34. The minimum Gasteiger partial charge on any atom is -0.381 e. The molecule has 0 spiro atoms. The fourth-order valence-electron chi connectivity index (χ4n) is 3.48.